The van der Waals surface area contributed by atoms with Crippen LogP contribution in [0.5, 0.6) is 5.75 Å². The quantitative estimate of drug-likeness (QED) is 0.836. The highest BCUT2D eigenvalue weighted by Gasteiger charge is 2.25. The van der Waals surface area contributed by atoms with Gasteiger partial charge in [-0.3, -0.25) is 4.90 Å². The van der Waals surface area contributed by atoms with Crippen molar-refractivity contribution in [1.29, 1.82) is 0 Å². The fraction of sp³-hybridized carbons (Fsp3) is 0.500. The molecule has 2 aliphatic rings. The van der Waals surface area contributed by atoms with Gasteiger partial charge in [0.2, 0.25) is 0 Å². The molecule has 1 aromatic rings. The average Bonchev–Trinajstić information content (AvgIpc) is 2.99. The van der Waals surface area contributed by atoms with Crippen molar-refractivity contribution in [2.45, 2.75) is 0 Å². The maximum absolute atomic E-state index is 12.1. The molecular formula is C16H21N3O4. The van der Waals surface area contributed by atoms with Gasteiger partial charge in [-0.2, -0.15) is 0 Å². The zero-order valence-electron chi connectivity index (χ0n) is 13.0. The fourth-order valence-electron chi connectivity index (χ4n) is 2.70. The van der Waals surface area contributed by atoms with Gasteiger partial charge in [0.25, 0.3) is 0 Å². The van der Waals surface area contributed by atoms with Crippen LogP contribution in [0.2, 0.25) is 0 Å². The number of para-hydroxylation sites is 1. The number of piperazine rings is 1. The van der Waals surface area contributed by atoms with Crippen LogP contribution in [0.3, 0.4) is 0 Å². The molecule has 2 amide bonds. The van der Waals surface area contributed by atoms with Crippen molar-refractivity contribution in [2.75, 3.05) is 52.4 Å². The highest BCUT2D eigenvalue weighted by molar-refractivity contribution is 5.70. The van der Waals surface area contributed by atoms with Crippen molar-refractivity contribution in [1.82, 2.24) is 14.7 Å². The van der Waals surface area contributed by atoms with Crippen LogP contribution >= 0.6 is 0 Å². The Morgan fingerprint density at radius 3 is 2.43 bits per heavy atom. The molecule has 0 spiro atoms. The number of hydrogen-bond donors (Lipinski definition) is 0. The second-order valence-electron chi connectivity index (χ2n) is 5.61. The Bertz CT molecular complexity index is 544. The molecule has 0 aliphatic carbocycles. The molecule has 7 nitrogen and oxygen atoms in total. The number of cyclic esters (lactones) is 1. The van der Waals surface area contributed by atoms with Crippen molar-refractivity contribution in [3.8, 4) is 5.75 Å². The summed E-state index contributed by atoms with van der Waals surface area (Å²) in [5.74, 6) is 0.562. The van der Waals surface area contributed by atoms with E-state index < -0.39 is 0 Å². The van der Waals surface area contributed by atoms with Crippen molar-refractivity contribution < 1.29 is 19.1 Å². The summed E-state index contributed by atoms with van der Waals surface area (Å²) in [5.41, 5.74) is 0. The van der Waals surface area contributed by atoms with Crippen LogP contribution in [0, 0.1) is 0 Å². The Morgan fingerprint density at radius 1 is 1.04 bits per heavy atom. The van der Waals surface area contributed by atoms with E-state index in [0.717, 1.165) is 19.6 Å². The Hall–Kier alpha value is -2.28. The van der Waals surface area contributed by atoms with Crippen LogP contribution in [0.4, 0.5) is 9.59 Å². The van der Waals surface area contributed by atoms with E-state index in [1.165, 1.54) is 0 Å². The van der Waals surface area contributed by atoms with Gasteiger partial charge in [-0.1, -0.05) is 18.2 Å². The van der Waals surface area contributed by atoms with E-state index in [0.29, 0.717) is 38.5 Å². The molecule has 0 atom stereocenters. The maximum atomic E-state index is 12.1. The van der Waals surface area contributed by atoms with E-state index in [1.807, 2.05) is 18.2 Å². The van der Waals surface area contributed by atoms with Crippen LogP contribution in [0.15, 0.2) is 30.3 Å². The third-order valence-corrected chi connectivity index (χ3v) is 4.11. The molecule has 0 radical (unpaired) electrons. The molecule has 1 aromatic carbocycles. The van der Waals surface area contributed by atoms with Crippen LogP contribution in [0.1, 0.15) is 0 Å². The van der Waals surface area contributed by atoms with E-state index in [4.69, 9.17) is 9.47 Å². The molecule has 0 aromatic heterocycles. The lowest BCUT2D eigenvalue weighted by Gasteiger charge is -2.34. The number of carbonyl (C=O) groups is 2. The SMILES string of the molecule is O=C1OCCN1CCN1CCN(C(=O)Oc2ccccc2)CC1. The van der Waals surface area contributed by atoms with Gasteiger partial charge in [-0.15, -0.1) is 0 Å². The third-order valence-electron chi connectivity index (χ3n) is 4.11. The van der Waals surface area contributed by atoms with Gasteiger partial charge in [-0.05, 0) is 12.1 Å². The lowest BCUT2D eigenvalue weighted by atomic mass is 10.3. The molecule has 23 heavy (non-hydrogen) atoms. The Kier molecular flexibility index (Phi) is 4.97. The molecule has 3 rings (SSSR count). The molecule has 124 valence electrons. The predicted octanol–water partition coefficient (Wildman–Crippen LogP) is 1.26. The standard InChI is InChI=1S/C16H21N3O4/c20-15-19(12-13-22-15)11-8-17-6-9-18(10-7-17)16(21)23-14-4-2-1-3-5-14/h1-5H,6-13H2. The van der Waals surface area contributed by atoms with Crippen LogP contribution in [-0.4, -0.2) is 79.3 Å². The van der Waals surface area contributed by atoms with E-state index in [2.05, 4.69) is 4.90 Å². The van der Waals surface area contributed by atoms with Gasteiger partial charge in [0.15, 0.2) is 0 Å². The van der Waals surface area contributed by atoms with Crippen molar-refractivity contribution in [2.24, 2.45) is 0 Å². The number of benzene rings is 1. The minimum Gasteiger partial charge on any atom is -0.448 e. The summed E-state index contributed by atoms with van der Waals surface area (Å²) >= 11 is 0. The highest BCUT2D eigenvalue weighted by atomic mass is 16.6. The average molecular weight is 319 g/mol. The Labute approximate surface area is 135 Å². The number of nitrogens with zero attached hydrogens (tertiary/aromatic N) is 3. The molecular weight excluding hydrogens is 298 g/mol. The smallest absolute Gasteiger partial charge is 0.415 e. The van der Waals surface area contributed by atoms with Crippen LogP contribution in [0.25, 0.3) is 0 Å². The van der Waals surface area contributed by atoms with E-state index >= 15 is 0 Å². The lowest BCUT2D eigenvalue weighted by Crippen LogP contribution is -2.51. The van der Waals surface area contributed by atoms with Gasteiger partial charge < -0.3 is 19.3 Å². The largest absolute Gasteiger partial charge is 0.448 e. The molecule has 0 bridgehead atoms. The zero-order chi connectivity index (χ0) is 16.1. The Balaban J connectivity index is 1.39. The topological polar surface area (TPSA) is 62.3 Å². The number of ether oxygens (including phenoxy) is 2. The normalized spacial score (nSPS) is 18.9. The second kappa shape index (κ2) is 7.32. The predicted molar refractivity (Wildman–Crippen MR) is 83.4 cm³/mol. The molecule has 0 unspecified atom stereocenters. The summed E-state index contributed by atoms with van der Waals surface area (Å²) in [4.78, 5) is 29.2. The number of rotatable bonds is 4. The molecule has 2 saturated heterocycles. The van der Waals surface area contributed by atoms with Crippen LogP contribution < -0.4 is 4.74 Å². The summed E-state index contributed by atoms with van der Waals surface area (Å²) in [6, 6.07) is 9.09. The van der Waals surface area contributed by atoms with E-state index in [9.17, 15) is 9.59 Å². The van der Waals surface area contributed by atoms with Gasteiger partial charge >= 0.3 is 12.2 Å². The maximum Gasteiger partial charge on any atom is 0.415 e. The molecule has 2 fully saturated rings. The summed E-state index contributed by atoms with van der Waals surface area (Å²) < 4.78 is 10.3. The first-order valence-corrected chi connectivity index (χ1v) is 7.88. The lowest BCUT2D eigenvalue weighted by molar-refractivity contribution is 0.106. The summed E-state index contributed by atoms with van der Waals surface area (Å²) in [6.45, 7) is 5.47. The van der Waals surface area contributed by atoms with Gasteiger partial charge in [-0.25, -0.2) is 9.59 Å². The summed E-state index contributed by atoms with van der Waals surface area (Å²) in [6.07, 6.45) is -0.533. The zero-order valence-corrected chi connectivity index (χ0v) is 13.0. The molecule has 7 heteroatoms. The molecule has 2 heterocycles. The second-order valence-corrected chi connectivity index (χ2v) is 5.61. The first-order chi connectivity index (χ1) is 11.2. The summed E-state index contributed by atoms with van der Waals surface area (Å²) in [7, 11) is 0. The highest BCUT2D eigenvalue weighted by Crippen LogP contribution is 2.12. The number of hydrogen-bond acceptors (Lipinski definition) is 5. The number of amides is 2. The molecule has 0 saturated carbocycles. The van der Waals surface area contributed by atoms with Crippen molar-refractivity contribution in [3.63, 3.8) is 0 Å². The minimum atomic E-state index is -0.307. The van der Waals surface area contributed by atoms with Gasteiger partial charge in [0.05, 0.1) is 6.54 Å². The number of carbonyl (C=O) groups excluding carboxylic acids is 2. The van der Waals surface area contributed by atoms with Crippen molar-refractivity contribution >= 4 is 12.2 Å². The molecule has 2 aliphatic heterocycles. The molecule has 0 N–H and O–H groups in total. The Morgan fingerprint density at radius 2 is 1.78 bits per heavy atom. The van der Waals surface area contributed by atoms with Crippen LogP contribution in [-0.2, 0) is 4.74 Å². The first kappa shape index (κ1) is 15.6. The summed E-state index contributed by atoms with van der Waals surface area (Å²) in [5, 5.41) is 0. The van der Waals surface area contributed by atoms with Crippen molar-refractivity contribution in [3.05, 3.63) is 30.3 Å². The van der Waals surface area contributed by atoms with Gasteiger partial charge in [0, 0.05) is 39.3 Å². The minimum absolute atomic E-state index is 0.227. The van der Waals surface area contributed by atoms with Gasteiger partial charge in [0.1, 0.15) is 12.4 Å². The third kappa shape index (κ3) is 4.13. The first-order valence-electron chi connectivity index (χ1n) is 7.88. The van der Waals surface area contributed by atoms with E-state index in [1.54, 1.807) is 21.9 Å². The van der Waals surface area contributed by atoms with E-state index in [-0.39, 0.29) is 12.2 Å². The monoisotopic (exact) mass is 319 g/mol. The fourth-order valence-corrected chi connectivity index (χ4v) is 2.70.